The molecule has 2 N–H and O–H groups in total. The molecule has 0 saturated heterocycles. The van der Waals surface area contributed by atoms with E-state index in [1.165, 1.54) is 0 Å². The second kappa shape index (κ2) is 5.14. The van der Waals surface area contributed by atoms with Gasteiger partial charge in [0, 0.05) is 5.69 Å². The standard InChI is InChI=1S/C14H16N2O3/c1-3-4-10-8-12(14(18)19)15-16(10)13-6-5-11(17)7-9(13)2/h5-8,17H,3-4H2,1-2H3,(H,18,19). The van der Waals surface area contributed by atoms with Gasteiger partial charge in [-0.25, -0.2) is 9.48 Å². The number of hydrogen-bond donors (Lipinski definition) is 2. The highest BCUT2D eigenvalue weighted by atomic mass is 16.4. The fourth-order valence-corrected chi connectivity index (χ4v) is 2.04. The first-order valence-electron chi connectivity index (χ1n) is 6.15. The lowest BCUT2D eigenvalue weighted by molar-refractivity contribution is 0.0690. The van der Waals surface area contributed by atoms with Crippen molar-refractivity contribution in [2.75, 3.05) is 0 Å². The second-order valence-corrected chi connectivity index (χ2v) is 4.46. The topological polar surface area (TPSA) is 75.3 Å². The molecule has 0 aliphatic rings. The lowest BCUT2D eigenvalue weighted by atomic mass is 10.1. The third kappa shape index (κ3) is 2.59. The molecule has 2 aromatic rings. The Morgan fingerprint density at radius 2 is 2.11 bits per heavy atom. The molecule has 5 nitrogen and oxygen atoms in total. The molecule has 0 radical (unpaired) electrons. The number of benzene rings is 1. The summed E-state index contributed by atoms with van der Waals surface area (Å²) in [4.78, 5) is 11.0. The van der Waals surface area contributed by atoms with E-state index in [2.05, 4.69) is 5.10 Å². The molecule has 0 unspecified atom stereocenters. The van der Waals surface area contributed by atoms with Gasteiger partial charge in [0.25, 0.3) is 0 Å². The van der Waals surface area contributed by atoms with Crippen LogP contribution in [0.5, 0.6) is 5.75 Å². The van der Waals surface area contributed by atoms with Crippen molar-refractivity contribution in [3.05, 3.63) is 41.2 Å². The molecule has 1 aromatic heterocycles. The minimum absolute atomic E-state index is 0.0379. The Hall–Kier alpha value is -2.30. The van der Waals surface area contributed by atoms with Crippen LogP contribution in [0.1, 0.15) is 35.1 Å². The van der Waals surface area contributed by atoms with Gasteiger partial charge in [-0.05, 0) is 43.2 Å². The van der Waals surface area contributed by atoms with Gasteiger partial charge in [0.2, 0.25) is 0 Å². The van der Waals surface area contributed by atoms with Gasteiger partial charge in [0.1, 0.15) is 5.75 Å². The number of rotatable bonds is 4. The Labute approximate surface area is 111 Å². The first-order chi connectivity index (χ1) is 9.02. The summed E-state index contributed by atoms with van der Waals surface area (Å²) >= 11 is 0. The van der Waals surface area contributed by atoms with Crippen molar-refractivity contribution in [1.82, 2.24) is 9.78 Å². The van der Waals surface area contributed by atoms with Crippen LogP contribution in [0.25, 0.3) is 5.69 Å². The summed E-state index contributed by atoms with van der Waals surface area (Å²) < 4.78 is 1.64. The van der Waals surface area contributed by atoms with Crippen molar-refractivity contribution < 1.29 is 15.0 Å². The highest BCUT2D eigenvalue weighted by Gasteiger charge is 2.15. The second-order valence-electron chi connectivity index (χ2n) is 4.46. The van der Waals surface area contributed by atoms with Gasteiger partial charge < -0.3 is 10.2 Å². The highest BCUT2D eigenvalue weighted by Crippen LogP contribution is 2.21. The first-order valence-corrected chi connectivity index (χ1v) is 6.15. The number of carbonyl (C=O) groups is 1. The number of nitrogens with zero attached hydrogens (tertiary/aromatic N) is 2. The third-order valence-corrected chi connectivity index (χ3v) is 2.92. The molecule has 100 valence electrons. The van der Waals surface area contributed by atoms with E-state index in [0.717, 1.165) is 29.8 Å². The maximum atomic E-state index is 11.0. The van der Waals surface area contributed by atoms with Gasteiger partial charge in [0.15, 0.2) is 5.69 Å². The first kappa shape index (κ1) is 13.1. The van der Waals surface area contributed by atoms with Crippen molar-refractivity contribution in [2.45, 2.75) is 26.7 Å². The van der Waals surface area contributed by atoms with Gasteiger partial charge in [-0.3, -0.25) is 0 Å². The molecular formula is C14H16N2O3. The number of carboxylic acids is 1. The number of phenolic OH excluding ortho intramolecular Hbond substituents is 1. The zero-order valence-electron chi connectivity index (χ0n) is 10.9. The third-order valence-electron chi connectivity index (χ3n) is 2.92. The number of aryl methyl sites for hydroxylation is 2. The Morgan fingerprint density at radius 3 is 2.68 bits per heavy atom. The number of phenols is 1. The molecule has 1 heterocycles. The van der Waals surface area contributed by atoms with Gasteiger partial charge in [-0.15, -0.1) is 0 Å². The van der Waals surface area contributed by atoms with Crippen LogP contribution in [0, 0.1) is 6.92 Å². The van der Waals surface area contributed by atoms with E-state index < -0.39 is 5.97 Å². The SMILES string of the molecule is CCCc1cc(C(=O)O)nn1-c1ccc(O)cc1C. The molecule has 0 atom stereocenters. The molecule has 5 heteroatoms. The Bertz CT molecular complexity index is 617. The number of aromatic nitrogens is 2. The smallest absolute Gasteiger partial charge is 0.356 e. The average Bonchev–Trinajstić information content (AvgIpc) is 2.74. The van der Waals surface area contributed by atoms with Crippen LogP contribution < -0.4 is 0 Å². The minimum atomic E-state index is -1.03. The molecule has 0 aliphatic carbocycles. The predicted molar refractivity (Wildman–Crippen MR) is 70.9 cm³/mol. The number of carboxylic acid groups (broad SMARTS) is 1. The van der Waals surface area contributed by atoms with E-state index >= 15 is 0 Å². The van der Waals surface area contributed by atoms with Crippen molar-refractivity contribution in [3.63, 3.8) is 0 Å². The van der Waals surface area contributed by atoms with E-state index in [-0.39, 0.29) is 11.4 Å². The quantitative estimate of drug-likeness (QED) is 0.885. The number of aromatic carboxylic acids is 1. The van der Waals surface area contributed by atoms with Crippen LogP contribution in [-0.4, -0.2) is 26.0 Å². The summed E-state index contributed by atoms with van der Waals surface area (Å²) in [6.45, 7) is 3.88. The van der Waals surface area contributed by atoms with E-state index in [1.54, 1.807) is 28.9 Å². The number of aromatic hydroxyl groups is 1. The Morgan fingerprint density at radius 1 is 1.37 bits per heavy atom. The van der Waals surface area contributed by atoms with E-state index in [9.17, 15) is 9.90 Å². The van der Waals surface area contributed by atoms with Crippen LogP contribution >= 0.6 is 0 Å². The van der Waals surface area contributed by atoms with Crippen molar-refractivity contribution in [2.24, 2.45) is 0 Å². The predicted octanol–water partition coefficient (Wildman–Crippen LogP) is 2.54. The van der Waals surface area contributed by atoms with Crippen molar-refractivity contribution >= 4 is 5.97 Å². The van der Waals surface area contributed by atoms with Crippen molar-refractivity contribution in [3.8, 4) is 11.4 Å². The van der Waals surface area contributed by atoms with Crippen LogP contribution in [0.4, 0.5) is 0 Å². The lowest BCUT2D eigenvalue weighted by Gasteiger charge is -2.10. The van der Waals surface area contributed by atoms with Gasteiger partial charge in [-0.2, -0.15) is 5.10 Å². The van der Waals surface area contributed by atoms with Crippen LogP contribution in [-0.2, 0) is 6.42 Å². The minimum Gasteiger partial charge on any atom is -0.508 e. The Balaban J connectivity index is 2.56. The summed E-state index contributed by atoms with van der Waals surface area (Å²) in [6.07, 6.45) is 1.66. The average molecular weight is 260 g/mol. The lowest BCUT2D eigenvalue weighted by Crippen LogP contribution is -2.05. The maximum Gasteiger partial charge on any atom is 0.356 e. The zero-order chi connectivity index (χ0) is 14.0. The molecule has 0 spiro atoms. The van der Waals surface area contributed by atoms with E-state index in [1.807, 2.05) is 13.8 Å². The molecule has 0 aliphatic heterocycles. The molecule has 19 heavy (non-hydrogen) atoms. The highest BCUT2D eigenvalue weighted by molar-refractivity contribution is 5.85. The molecule has 0 bridgehead atoms. The van der Waals surface area contributed by atoms with Gasteiger partial charge in [-0.1, -0.05) is 13.3 Å². The summed E-state index contributed by atoms with van der Waals surface area (Å²) in [5.41, 5.74) is 2.52. The fourth-order valence-electron chi connectivity index (χ4n) is 2.04. The van der Waals surface area contributed by atoms with Crippen molar-refractivity contribution in [1.29, 1.82) is 0 Å². The Kier molecular flexibility index (Phi) is 3.55. The van der Waals surface area contributed by atoms with Crippen LogP contribution in [0.15, 0.2) is 24.3 Å². The monoisotopic (exact) mass is 260 g/mol. The molecule has 0 fully saturated rings. The van der Waals surface area contributed by atoms with E-state index in [0.29, 0.717) is 0 Å². The summed E-state index contributed by atoms with van der Waals surface area (Å²) in [7, 11) is 0. The number of hydrogen-bond acceptors (Lipinski definition) is 3. The molecular weight excluding hydrogens is 244 g/mol. The zero-order valence-corrected chi connectivity index (χ0v) is 10.9. The molecule has 2 rings (SSSR count). The normalized spacial score (nSPS) is 10.6. The fraction of sp³-hybridized carbons (Fsp3) is 0.286. The van der Waals surface area contributed by atoms with Gasteiger partial charge >= 0.3 is 5.97 Å². The molecule has 1 aromatic carbocycles. The molecule has 0 amide bonds. The summed E-state index contributed by atoms with van der Waals surface area (Å²) in [5, 5.41) is 22.6. The van der Waals surface area contributed by atoms with E-state index in [4.69, 9.17) is 5.11 Å². The molecule has 0 saturated carbocycles. The maximum absolute atomic E-state index is 11.0. The largest absolute Gasteiger partial charge is 0.508 e. The van der Waals surface area contributed by atoms with Crippen LogP contribution in [0.3, 0.4) is 0 Å². The van der Waals surface area contributed by atoms with Crippen LogP contribution in [0.2, 0.25) is 0 Å². The van der Waals surface area contributed by atoms with Gasteiger partial charge in [0.05, 0.1) is 5.69 Å². The summed E-state index contributed by atoms with van der Waals surface area (Å²) in [5.74, 6) is -0.851. The summed E-state index contributed by atoms with van der Waals surface area (Å²) in [6, 6.07) is 6.54.